The number of carbonyl (C=O) groups is 1. The Kier molecular flexibility index (Phi) is 4.94. The molecule has 0 saturated carbocycles. The molecule has 1 amide bonds. The number of amides is 1. The van der Waals surface area contributed by atoms with Crippen LogP contribution < -0.4 is 14.2 Å². The molecule has 1 aliphatic rings. The van der Waals surface area contributed by atoms with E-state index in [4.69, 9.17) is 14.2 Å². The lowest BCUT2D eigenvalue weighted by molar-refractivity contribution is 0.0635. The fraction of sp³-hybridized carbons (Fsp3) is 0.562. The molecule has 0 aliphatic carbocycles. The van der Waals surface area contributed by atoms with E-state index < -0.39 is 0 Å². The molecule has 0 N–H and O–H groups in total. The Morgan fingerprint density at radius 1 is 1.10 bits per heavy atom. The van der Waals surface area contributed by atoms with Crippen molar-refractivity contribution in [1.82, 2.24) is 4.90 Å². The lowest BCUT2D eigenvalue weighted by atomic mass is 10.0. The summed E-state index contributed by atoms with van der Waals surface area (Å²) in [7, 11) is 4.65. The van der Waals surface area contributed by atoms with E-state index in [9.17, 15) is 4.79 Å². The van der Waals surface area contributed by atoms with Crippen LogP contribution in [-0.4, -0.2) is 44.7 Å². The van der Waals surface area contributed by atoms with Crippen LogP contribution in [0.3, 0.4) is 0 Å². The summed E-state index contributed by atoms with van der Waals surface area (Å²) in [4.78, 5) is 14.6. The Balaban J connectivity index is 2.36. The predicted octanol–water partition coefficient (Wildman–Crippen LogP) is 2.73. The molecule has 21 heavy (non-hydrogen) atoms. The summed E-state index contributed by atoms with van der Waals surface area (Å²) in [6.45, 7) is 2.89. The number of hydrogen-bond donors (Lipinski definition) is 0. The maximum atomic E-state index is 12.7. The molecule has 1 fully saturated rings. The topological polar surface area (TPSA) is 48.0 Å². The zero-order valence-corrected chi connectivity index (χ0v) is 13.1. The highest BCUT2D eigenvalue weighted by atomic mass is 16.5. The van der Waals surface area contributed by atoms with Gasteiger partial charge in [-0.15, -0.1) is 0 Å². The van der Waals surface area contributed by atoms with Crippen LogP contribution in [-0.2, 0) is 0 Å². The molecule has 1 atom stereocenters. The third-order valence-electron chi connectivity index (χ3n) is 3.98. The lowest BCUT2D eigenvalue weighted by Crippen LogP contribution is -2.42. The normalized spacial score (nSPS) is 18.3. The molecule has 0 radical (unpaired) electrons. The molecule has 1 saturated heterocycles. The highest BCUT2D eigenvalue weighted by molar-refractivity contribution is 5.96. The minimum absolute atomic E-state index is 0.0152. The van der Waals surface area contributed by atoms with Crippen molar-refractivity contribution in [3.8, 4) is 17.2 Å². The van der Waals surface area contributed by atoms with E-state index in [0.29, 0.717) is 22.8 Å². The number of ether oxygens (including phenoxy) is 3. The van der Waals surface area contributed by atoms with Gasteiger partial charge in [-0.05, 0) is 38.3 Å². The zero-order valence-electron chi connectivity index (χ0n) is 13.1. The molecule has 0 bridgehead atoms. The maximum absolute atomic E-state index is 12.7. The van der Waals surface area contributed by atoms with Crippen LogP contribution in [0.2, 0.25) is 0 Å². The molecule has 0 aromatic heterocycles. The van der Waals surface area contributed by atoms with Crippen molar-refractivity contribution in [2.75, 3.05) is 27.9 Å². The second kappa shape index (κ2) is 6.70. The predicted molar refractivity (Wildman–Crippen MR) is 80.4 cm³/mol. The second-order valence-corrected chi connectivity index (χ2v) is 5.26. The van der Waals surface area contributed by atoms with Crippen LogP contribution >= 0.6 is 0 Å². The summed E-state index contributed by atoms with van der Waals surface area (Å²) >= 11 is 0. The van der Waals surface area contributed by atoms with E-state index in [2.05, 4.69) is 6.92 Å². The van der Waals surface area contributed by atoms with Gasteiger partial charge < -0.3 is 19.1 Å². The van der Waals surface area contributed by atoms with Gasteiger partial charge in [0, 0.05) is 18.2 Å². The standard InChI is InChI=1S/C16H23NO4/c1-11-7-5-6-8-17(11)16(18)12-9-13(19-2)15(21-4)14(10-12)20-3/h9-11H,5-8H2,1-4H3/t11-/m1/s1. The molecule has 0 unspecified atom stereocenters. The van der Waals surface area contributed by atoms with Crippen molar-refractivity contribution in [2.45, 2.75) is 32.2 Å². The number of piperidine rings is 1. The van der Waals surface area contributed by atoms with Crippen LogP contribution in [0.25, 0.3) is 0 Å². The van der Waals surface area contributed by atoms with Gasteiger partial charge in [0.2, 0.25) is 5.75 Å². The summed E-state index contributed by atoms with van der Waals surface area (Å²) in [6, 6.07) is 3.70. The van der Waals surface area contributed by atoms with Crippen LogP contribution in [0.5, 0.6) is 17.2 Å². The Labute approximate surface area is 125 Å². The van der Waals surface area contributed by atoms with Gasteiger partial charge in [-0.25, -0.2) is 0 Å². The monoisotopic (exact) mass is 293 g/mol. The van der Waals surface area contributed by atoms with Crippen molar-refractivity contribution in [3.63, 3.8) is 0 Å². The SMILES string of the molecule is COc1cc(C(=O)N2CCCC[C@H]2C)cc(OC)c1OC. The van der Waals surface area contributed by atoms with Gasteiger partial charge in [0.05, 0.1) is 21.3 Å². The number of hydrogen-bond acceptors (Lipinski definition) is 4. The van der Waals surface area contributed by atoms with Crippen molar-refractivity contribution < 1.29 is 19.0 Å². The molecule has 0 spiro atoms. The molecule has 1 heterocycles. The van der Waals surface area contributed by atoms with Crippen molar-refractivity contribution >= 4 is 5.91 Å². The van der Waals surface area contributed by atoms with Gasteiger partial charge in [0.1, 0.15) is 0 Å². The van der Waals surface area contributed by atoms with E-state index in [-0.39, 0.29) is 11.9 Å². The summed E-state index contributed by atoms with van der Waals surface area (Å²) in [5.74, 6) is 1.53. The number of benzene rings is 1. The first-order chi connectivity index (χ1) is 10.1. The smallest absolute Gasteiger partial charge is 0.254 e. The molecular formula is C16H23NO4. The fourth-order valence-electron chi connectivity index (χ4n) is 2.77. The van der Waals surface area contributed by atoms with Crippen LogP contribution in [0.15, 0.2) is 12.1 Å². The third-order valence-corrected chi connectivity index (χ3v) is 3.98. The second-order valence-electron chi connectivity index (χ2n) is 5.26. The van der Waals surface area contributed by atoms with E-state index in [1.165, 1.54) is 6.42 Å². The third kappa shape index (κ3) is 3.06. The van der Waals surface area contributed by atoms with E-state index in [1.54, 1.807) is 33.5 Å². The quantitative estimate of drug-likeness (QED) is 0.856. The lowest BCUT2D eigenvalue weighted by Gasteiger charge is -2.33. The fourth-order valence-corrected chi connectivity index (χ4v) is 2.77. The van der Waals surface area contributed by atoms with Crippen molar-refractivity contribution in [3.05, 3.63) is 17.7 Å². The Hall–Kier alpha value is -1.91. The largest absolute Gasteiger partial charge is 0.493 e. The van der Waals surface area contributed by atoms with E-state index in [1.807, 2.05) is 4.90 Å². The number of methoxy groups -OCH3 is 3. The highest BCUT2D eigenvalue weighted by Crippen LogP contribution is 2.38. The number of likely N-dealkylation sites (tertiary alicyclic amines) is 1. The molecule has 5 heteroatoms. The Bertz CT molecular complexity index is 490. The van der Waals surface area contributed by atoms with Gasteiger partial charge in [0.25, 0.3) is 5.91 Å². The summed E-state index contributed by atoms with van der Waals surface area (Å²) in [6.07, 6.45) is 3.29. The van der Waals surface area contributed by atoms with Crippen LogP contribution in [0.4, 0.5) is 0 Å². The molecular weight excluding hydrogens is 270 g/mol. The van der Waals surface area contributed by atoms with Crippen LogP contribution in [0, 0.1) is 0 Å². The molecule has 1 aliphatic heterocycles. The summed E-state index contributed by atoms with van der Waals surface area (Å²) in [5.41, 5.74) is 0.568. The highest BCUT2D eigenvalue weighted by Gasteiger charge is 2.26. The van der Waals surface area contributed by atoms with Gasteiger partial charge in [-0.3, -0.25) is 4.79 Å². The van der Waals surface area contributed by atoms with Crippen molar-refractivity contribution in [2.24, 2.45) is 0 Å². The zero-order chi connectivity index (χ0) is 15.4. The summed E-state index contributed by atoms with van der Waals surface area (Å²) in [5, 5.41) is 0. The minimum atomic E-state index is 0.0152. The Morgan fingerprint density at radius 2 is 1.71 bits per heavy atom. The van der Waals surface area contributed by atoms with Gasteiger partial charge >= 0.3 is 0 Å². The average Bonchev–Trinajstić information content (AvgIpc) is 2.53. The number of rotatable bonds is 4. The molecule has 1 aromatic carbocycles. The minimum Gasteiger partial charge on any atom is -0.493 e. The summed E-state index contributed by atoms with van der Waals surface area (Å²) < 4.78 is 15.9. The average molecular weight is 293 g/mol. The van der Waals surface area contributed by atoms with Crippen LogP contribution in [0.1, 0.15) is 36.5 Å². The van der Waals surface area contributed by atoms with Gasteiger partial charge in [-0.1, -0.05) is 0 Å². The van der Waals surface area contributed by atoms with Gasteiger partial charge in [0.15, 0.2) is 11.5 Å². The van der Waals surface area contributed by atoms with E-state index in [0.717, 1.165) is 19.4 Å². The molecule has 2 rings (SSSR count). The van der Waals surface area contributed by atoms with Gasteiger partial charge in [-0.2, -0.15) is 0 Å². The molecule has 1 aromatic rings. The first-order valence-corrected chi connectivity index (χ1v) is 7.23. The maximum Gasteiger partial charge on any atom is 0.254 e. The molecule has 5 nitrogen and oxygen atoms in total. The Morgan fingerprint density at radius 3 is 2.19 bits per heavy atom. The van der Waals surface area contributed by atoms with E-state index >= 15 is 0 Å². The first kappa shape index (κ1) is 15.5. The first-order valence-electron chi connectivity index (χ1n) is 7.23. The van der Waals surface area contributed by atoms with Crippen molar-refractivity contribution in [1.29, 1.82) is 0 Å². The number of nitrogens with zero attached hydrogens (tertiary/aromatic N) is 1. The number of carbonyl (C=O) groups excluding carboxylic acids is 1. The molecule has 116 valence electrons.